The highest BCUT2D eigenvalue weighted by Gasteiger charge is 2.46. The third kappa shape index (κ3) is 6.58. The fourth-order valence-corrected chi connectivity index (χ4v) is 10.2. The van der Waals surface area contributed by atoms with Crippen LogP contribution in [0.4, 0.5) is 0 Å². The first-order chi connectivity index (χ1) is 32.2. The monoisotopic (exact) mass is 826 g/mol. The van der Waals surface area contributed by atoms with E-state index >= 15 is 0 Å². The first kappa shape index (κ1) is 38.2. The Morgan fingerprint density at radius 3 is 1.40 bits per heavy atom. The summed E-state index contributed by atoms with van der Waals surface area (Å²) in [5, 5.41) is 2.33. The van der Waals surface area contributed by atoms with Gasteiger partial charge in [-0.25, -0.2) is 9.97 Å². The molecule has 0 N–H and O–H groups in total. The molecule has 1 aromatic heterocycles. The summed E-state index contributed by atoms with van der Waals surface area (Å²) < 4.78 is 0. The van der Waals surface area contributed by atoms with Crippen molar-refractivity contribution < 1.29 is 0 Å². The Balaban J connectivity index is 0.907. The highest BCUT2D eigenvalue weighted by molar-refractivity contribution is 6.05. The number of rotatable bonds is 8. The molecule has 0 aliphatic heterocycles. The second kappa shape index (κ2) is 16.0. The highest BCUT2D eigenvalue weighted by atomic mass is 14.9. The summed E-state index contributed by atoms with van der Waals surface area (Å²) in [6.07, 6.45) is 0. The van der Waals surface area contributed by atoms with E-state index in [4.69, 9.17) is 9.97 Å². The van der Waals surface area contributed by atoms with E-state index in [9.17, 15) is 0 Å². The SMILES string of the molecule is c1ccc(-c2cc(-c3ccc(-c4ccc(-c5cccc(-c6ccc7c(c6)C(c6ccccc6)(c6ccccc6)c6ccccc6-7)c5)cc4)c4ccccc34)nc(-c3ccccc3)n2)cc1. The third-order valence-corrected chi connectivity index (χ3v) is 13.2. The van der Waals surface area contributed by atoms with Gasteiger partial charge in [0.2, 0.25) is 0 Å². The van der Waals surface area contributed by atoms with Crippen molar-refractivity contribution in [2.75, 3.05) is 0 Å². The lowest BCUT2D eigenvalue weighted by Crippen LogP contribution is -2.28. The minimum atomic E-state index is -0.439. The molecule has 0 amide bonds. The van der Waals surface area contributed by atoms with Gasteiger partial charge in [-0.15, -0.1) is 0 Å². The largest absolute Gasteiger partial charge is 0.228 e. The summed E-state index contributed by atoms with van der Waals surface area (Å²) in [6, 6.07) is 92.0. The molecule has 2 nitrogen and oxygen atoms in total. The molecular weight excluding hydrogens is 785 g/mol. The maximum Gasteiger partial charge on any atom is 0.160 e. The van der Waals surface area contributed by atoms with Crippen LogP contribution in [0.1, 0.15) is 22.3 Å². The van der Waals surface area contributed by atoms with E-state index in [-0.39, 0.29) is 0 Å². The summed E-state index contributed by atoms with van der Waals surface area (Å²) in [4.78, 5) is 10.2. The van der Waals surface area contributed by atoms with Gasteiger partial charge in [-0.05, 0) is 95.7 Å². The molecule has 0 spiro atoms. The first-order valence-corrected chi connectivity index (χ1v) is 22.3. The molecular formula is C63H42N2. The molecule has 0 fully saturated rings. The maximum absolute atomic E-state index is 5.18. The number of nitrogens with zero attached hydrogens (tertiary/aromatic N) is 2. The van der Waals surface area contributed by atoms with Gasteiger partial charge in [0.05, 0.1) is 16.8 Å². The Bertz CT molecular complexity index is 3410. The van der Waals surface area contributed by atoms with Crippen LogP contribution in [0, 0.1) is 0 Å². The maximum atomic E-state index is 5.18. The molecule has 65 heavy (non-hydrogen) atoms. The van der Waals surface area contributed by atoms with Crippen LogP contribution in [0.3, 0.4) is 0 Å². The quantitative estimate of drug-likeness (QED) is 0.152. The van der Waals surface area contributed by atoms with Crippen molar-refractivity contribution in [3.63, 3.8) is 0 Å². The van der Waals surface area contributed by atoms with Crippen molar-refractivity contribution in [2.24, 2.45) is 0 Å². The molecule has 0 radical (unpaired) electrons. The van der Waals surface area contributed by atoms with Gasteiger partial charge < -0.3 is 0 Å². The Labute approximate surface area is 379 Å². The summed E-state index contributed by atoms with van der Waals surface area (Å²) in [6.45, 7) is 0. The molecule has 0 saturated heterocycles. The van der Waals surface area contributed by atoms with Crippen LogP contribution in [-0.4, -0.2) is 9.97 Å². The molecule has 0 atom stereocenters. The molecule has 0 saturated carbocycles. The number of hydrogen-bond acceptors (Lipinski definition) is 2. The van der Waals surface area contributed by atoms with Gasteiger partial charge in [-0.2, -0.15) is 0 Å². The lowest BCUT2D eigenvalue weighted by molar-refractivity contribution is 0.769. The normalized spacial score (nSPS) is 12.4. The number of hydrogen-bond donors (Lipinski definition) is 0. The minimum absolute atomic E-state index is 0.439. The first-order valence-electron chi connectivity index (χ1n) is 22.3. The number of fused-ring (bicyclic) bond motifs is 4. The van der Waals surface area contributed by atoms with Crippen LogP contribution < -0.4 is 0 Å². The van der Waals surface area contributed by atoms with Gasteiger partial charge in [-0.1, -0.05) is 237 Å². The summed E-state index contributed by atoms with van der Waals surface area (Å²) in [5.74, 6) is 0.712. The fraction of sp³-hybridized carbons (Fsp3) is 0.0159. The van der Waals surface area contributed by atoms with Crippen LogP contribution in [0.2, 0.25) is 0 Å². The van der Waals surface area contributed by atoms with Crippen LogP contribution in [0.25, 0.3) is 89.2 Å². The zero-order valence-corrected chi connectivity index (χ0v) is 35.6. The van der Waals surface area contributed by atoms with Crippen LogP contribution in [0.15, 0.2) is 255 Å². The summed E-state index contributed by atoms with van der Waals surface area (Å²) in [5.41, 5.74) is 19.4. The van der Waals surface area contributed by atoms with Gasteiger partial charge in [0.25, 0.3) is 0 Å². The van der Waals surface area contributed by atoms with Crippen molar-refractivity contribution >= 4 is 10.8 Å². The summed E-state index contributed by atoms with van der Waals surface area (Å²) in [7, 11) is 0. The second-order valence-electron chi connectivity index (χ2n) is 16.8. The molecule has 10 aromatic carbocycles. The van der Waals surface area contributed by atoms with Crippen molar-refractivity contribution in [1.29, 1.82) is 0 Å². The lowest BCUT2D eigenvalue weighted by atomic mass is 9.67. The molecule has 304 valence electrons. The van der Waals surface area contributed by atoms with E-state index in [0.717, 1.165) is 33.5 Å². The molecule has 0 bridgehead atoms. The average Bonchev–Trinajstić information content (AvgIpc) is 3.69. The number of aromatic nitrogens is 2. The summed E-state index contributed by atoms with van der Waals surface area (Å²) >= 11 is 0. The van der Waals surface area contributed by atoms with Crippen molar-refractivity contribution in [3.8, 4) is 78.4 Å². The zero-order valence-electron chi connectivity index (χ0n) is 35.6. The van der Waals surface area contributed by atoms with Gasteiger partial charge in [0.15, 0.2) is 5.82 Å². The van der Waals surface area contributed by atoms with E-state index in [1.165, 1.54) is 72.1 Å². The van der Waals surface area contributed by atoms with Crippen molar-refractivity contribution in [3.05, 3.63) is 277 Å². The van der Waals surface area contributed by atoms with E-state index < -0.39 is 5.41 Å². The molecule has 11 aromatic rings. The Kier molecular flexibility index (Phi) is 9.43. The molecule has 2 heteroatoms. The fourth-order valence-electron chi connectivity index (χ4n) is 10.2. The molecule has 1 aliphatic rings. The Hall–Kier alpha value is -8.46. The highest BCUT2D eigenvalue weighted by Crippen LogP contribution is 2.56. The van der Waals surface area contributed by atoms with Gasteiger partial charge in [0.1, 0.15) is 0 Å². The molecule has 12 rings (SSSR count). The van der Waals surface area contributed by atoms with Gasteiger partial charge >= 0.3 is 0 Å². The molecule has 0 unspecified atom stereocenters. The topological polar surface area (TPSA) is 25.8 Å². The predicted octanol–water partition coefficient (Wildman–Crippen LogP) is 16.0. The van der Waals surface area contributed by atoms with E-state index in [2.05, 4.69) is 231 Å². The standard InChI is InChI=1S/C63H42N2/c1-5-18-45(19-6-1)60-42-61(65-62(64-60)46-20-7-2-8-21-46)57-39-38-52(53-28-13-14-29-54(53)57)44-34-32-43(33-35-44)47-22-17-23-48(40-47)49-36-37-56-55-30-15-16-31-58(55)63(59(56)41-49,50-24-9-3-10-25-50)51-26-11-4-12-27-51/h1-42H. The van der Waals surface area contributed by atoms with Crippen LogP contribution >= 0.6 is 0 Å². The second-order valence-corrected chi connectivity index (χ2v) is 16.8. The Morgan fingerprint density at radius 2 is 0.708 bits per heavy atom. The lowest BCUT2D eigenvalue weighted by Gasteiger charge is -2.34. The smallest absolute Gasteiger partial charge is 0.160 e. The van der Waals surface area contributed by atoms with E-state index in [0.29, 0.717) is 5.82 Å². The van der Waals surface area contributed by atoms with Crippen LogP contribution in [0.5, 0.6) is 0 Å². The average molecular weight is 827 g/mol. The Morgan fingerprint density at radius 1 is 0.246 bits per heavy atom. The third-order valence-electron chi connectivity index (χ3n) is 13.2. The van der Waals surface area contributed by atoms with Crippen molar-refractivity contribution in [2.45, 2.75) is 5.41 Å². The van der Waals surface area contributed by atoms with E-state index in [1.807, 2.05) is 24.3 Å². The molecule has 1 aliphatic carbocycles. The van der Waals surface area contributed by atoms with Gasteiger partial charge in [0, 0.05) is 16.7 Å². The molecule has 1 heterocycles. The van der Waals surface area contributed by atoms with Crippen LogP contribution in [-0.2, 0) is 5.41 Å². The van der Waals surface area contributed by atoms with Crippen molar-refractivity contribution in [1.82, 2.24) is 9.97 Å². The number of benzene rings is 10. The zero-order chi connectivity index (χ0) is 43.2. The minimum Gasteiger partial charge on any atom is -0.228 e. The predicted molar refractivity (Wildman–Crippen MR) is 269 cm³/mol. The van der Waals surface area contributed by atoms with Gasteiger partial charge in [-0.3, -0.25) is 0 Å². The van der Waals surface area contributed by atoms with E-state index in [1.54, 1.807) is 0 Å².